The molecule has 0 amide bonds. The molecule has 21 heavy (non-hydrogen) atoms. The first kappa shape index (κ1) is 14.0. The summed E-state index contributed by atoms with van der Waals surface area (Å²) in [5.74, 6) is 0. The molecule has 0 bridgehead atoms. The molecule has 3 aromatic rings. The van der Waals surface area contributed by atoms with E-state index in [1.807, 2.05) is 29.1 Å². The number of thiazole rings is 1. The first-order valence-corrected chi connectivity index (χ1v) is 7.89. The second-order valence-electron chi connectivity index (χ2n) is 4.95. The van der Waals surface area contributed by atoms with Gasteiger partial charge in [-0.25, -0.2) is 4.98 Å². The number of hydrogen-bond acceptors (Lipinski definition) is 4. The molecule has 4 nitrogen and oxygen atoms in total. The van der Waals surface area contributed by atoms with Gasteiger partial charge in [0, 0.05) is 30.2 Å². The minimum Gasteiger partial charge on any atom is -0.309 e. The number of benzene rings is 1. The summed E-state index contributed by atoms with van der Waals surface area (Å²) in [5, 5.41) is 10.9. The summed E-state index contributed by atoms with van der Waals surface area (Å²) in [5.41, 5.74) is 3.43. The van der Waals surface area contributed by atoms with Crippen LogP contribution in [0.15, 0.2) is 48.1 Å². The topological polar surface area (TPSA) is 42.7 Å². The van der Waals surface area contributed by atoms with Gasteiger partial charge in [-0.2, -0.15) is 5.10 Å². The van der Waals surface area contributed by atoms with E-state index < -0.39 is 0 Å². The lowest BCUT2D eigenvalue weighted by atomic mass is 10.2. The van der Waals surface area contributed by atoms with Crippen molar-refractivity contribution in [3.8, 4) is 11.3 Å². The Kier molecular flexibility index (Phi) is 4.43. The van der Waals surface area contributed by atoms with Crippen LogP contribution in [0.3, 0.4) is 0 Å². The summed E-state index contributed by atoms with van der Waals surface area (Å²) >= 11 is 1.70. The minimum atomic E-state index is 0.803. The van der Waals surface area contributed by atoms with Crippen LogP contribution in [0.2, 0.25) is 0 Å². The Morgan fingerprint density at radius 2 is 2.10 bits per heavy atom. The zero-order valence-electron chi connectivity index (χ0n) is 12.0. The first-order chi connectivity index (χ1) is 10.3. The van der Waals surface area contributed by atoms with Gasteiger partial charge in [0.1, 0.15) is 5.01 Å². The Morgan fingerprint density at radius 1 is 1.24 bits per heavy atom. The van der Waals surface area contributed by atoms with Gasteiger partial charge >= 0.3 is 0 Å². The number of aromatic nitrogens is 3. The van der Waals surface area contributed by atoms with Crippen molar-refractivity contribution in [2.45, 2.75) is 20.0 Å². The van der Waals surface area contributed by atoms with Crippen molar-refractivity contribution in [2.75, 3.05) is 6.54 Å². The summed E-state index contributed by atoms with van der Waals surface area (Å²) in [6, 6.07) is 10.3. The Bertz CT molecular complexity index is 687. The van der Waals surface area contributed by atoms with Crippen LogP contribution in [0, 0.1) is 6.92 Å². The molecule has 1 aromatic carbocycles. The number of rotatable bonds is 6. The number of hydrogen-bond donors (Lipinski definition) is 1. The summed E-state index contributed by atoms with van der Waals surface area (Å²) in [6.07, 6.45) is 3.94. The van der Waals surface area contributed by atoms with Crippen molar-refractivity contribution >= 4 is 11.3 Å². The van der Waals surface area contributed by atoms with E-state index in [1.165, 1.54) is 11.1 Å². The van der Waals surface area contributed by atoms with Gasteiger partial charge < -0.3 is 5.32 Å². The lowest BCUT2D eigenvalue weighted by molar-refractivity contribution is 0.554. The minimum absolute atomic E-state index is 0.803. The maximum Gasteiger partial charge on any atom is 0.107 e. The fourth-order valence-electron chi connectivity index (χ4n) is 2.11. The highest BCUT2D eigenvalue weighted by molar-refractivity contribution is 7.09. The van der Waals surface area contributed by atoms with E-state index >= 15 is 0 Å². The van der Waals surface area contributed by atoms with E-state index in [0.29, 0.717) is 0 Å². The molecule has 0 saturated heterocycles. The van der Waals surface area contributed by atoms with Crippen LogP contribution >= 0.6 is 11.3 Å². The molecule has 0 aliphatic carbocycles. The Labute approximate surface area is 128 Å². The van der Waals surface area contributed by atoms with E-state index in [2.05, 4.69) is 46.0 Å². The zero-order valence-corrected chi connectivity index (χ0v) is 12.8. The highest BCUT2D eigenvalue weighted by Crippen LogP contribution is 2.21. The van der Waals surface area contributed by atoms with Gasteiger partial charge in [0.15, 0.2) is 0 Å². The molecule has 0 radical (unpaired) electrons. The standard InChI is InChI=1S/C16H18N4S/c1-13-9-18-20(11-13)8-7-17-10-16-19-15(12-21-16)14-5-3-2-4-6-14/h2-6,9,11-12,17H,7-8,10H2,1H3. The van der Waals surface area contributed by atoms with Gasteiger partial charge in [-0.05, 0) is 12.5 Å². The zero-order chi connectivity index (χ0) is 14.5. The second kappa shape index (κ2) is 6.65. The maximum absolute atomic E-state index is 4.66. The summed E-state index contributed by atoms with van der Waals surface area (Å²) in [6.45, 7) is 4.63. The molecular formula is C16H18N4S. The van der Waals surface area contributed by atoms with Crippen molar-refractivity contribution in [2.24, 2.45) is 0 Å². The van der Waals surface area contributed by atoms with Crippen molar-refractivity contribution in [1.29, 1.82) is 0 Å². The Balaban J connectivity index is 1.49. The van der Waals surface area contributed by atoms with Crippen LogP contribution in [0.4, 0.5) is 0 Å². The lowest BCUT2D eigenvalue weighted by Gasteiger charge is -2.02. The predicted molar refractivity (Wildman–Crippen MR) is 86.2 cm³/mol. The third kappa shape index (κ3) is 3.77. The molecule has 0 spiro atoms. The van der Waals surface area contributed by atoms with Crippen molar-refractivity contribution in [3.05, 3.63) is 58.7 Å². The second-order valence-corrected chi connectivity index (χ2v) is 5.89. The molecule has 0 saturated carbocycles. The number of nitrogens with one attached hydrogen (secondary N) is 1. The molecule has 0 fully saturated rings. The maximum atomic E-state index is 4.66. The molecule has 5 heteroatoms. The smallest absolute Gasteiger partial charge is 0.107 e. The van der Waals surface area contributed by atoms with Crippen molar-refractivity contribution < 1.29 is 0 Å². The molecule has 108 valence electrons. The fraction of sp³-hybridized carbons (Fsp3) is 0.250. The van der Waals surface area contributed by atoms with Gasteiger partial charge in [0.2, 0.25) is 0 Å². The molecule has 2 heterocycles. The van der Waals surface area contributed by atoms with Gasteiger partial charge in [-0.1, -0.05) is 30.3 Å². The highest BCUT2D eigenvalue weighted by Gasteiger charge is 2.03. The van der Waals surface area contributed by atoms with Crippen LogP contribution in [0.5, 0.6) is 0 Å². The van der Waals surface area contributed by atoms with Gasteiger partial charge in [0.25, 0.3) is 0 Å². The van der Waals surface area contributed by atoms with Crippen LogP contribution in [-0.2, 0) is 13.1 Å². The first-order valence-electron chi connectivity index (χ1n) is 7.01. The van der Waals surface area contributed by atoms with E-state index in [0.717, 1.165) is 30.3 Å². The summed E-state index contributed by atoms with van der Waals surface area (Å²) < 4.78 is 1.96. The third-order valence-corrected chi connectivity index (χ3v) is 4.03. The van der Waals surface area contributed by atoms with Crippen molar-refractivity contribution in [1.82, 2.24) is 20.1 Å². The Hall–Kier alpha value is -1.98. The number of nitrogens with zero attached hydrogens (tertiary/aromatic N) is 3. The fourth-order valence-corrected chi connectivity index (χ4v) is 2.88. The molecule has 2 aromatic heterocycles. The summed E-state index contributed by atoms with van der Waals surface area (Å²) in [4.78, 5) is 4.66. The van der Waals surface area contributed by atoms with Gasteiger partial charge in [-0.3, -0.25) is 4.68 Å². The lowest BCUT2D eigenvalue weighted by Crippen LogP contribution is -2.19. The average Bonchev–Trinajstić information content (AvgIpc) is 3.14. The van der Waals surface area contributed by atoms with Crippen LogP contribution in [-0.4, -0.2) is 21.3 Å². The monoisotopic (exact) mass is 298 g/mol. The average molecular weight is 298 g/mol. The van der Waals surface area contributed by atoms with Crippen LogP contribution < -0.4 is 5.32 Å². The molecule has 3 rings (SSSR count). The summed E-state index contributed by atoms with van der Waals surface area (Å²) in [7, 11) is 0. The van der Waals surface area contributed by atoms with E-state index in [-0.39, 0.29) is 0 Å². The quantitative estimate of drug-likeness (QED) is 0.711. The van der Waals surface area contributed by atoms with Crippen LogP contribution in [0.25, 0.3) is 11.3 Å². The molecule has 1 N–H and O–H groups in total. The van der Waals surface area contributed by atoms with E-state index in [9.17, 15) is 0 Å². The number of aryl methyl sites for hydroxylation is 1. The normalized spacial score (nSPS) is 10.9. The SMILES string of the molecule is Cc1cnn(CCNCc2nc(-c3ccccc3)cs2)c1. The Morgan fingerprint density at radius 3 is 2.86 bits per heavy atom. The molecule has 0 aliphatic heterocycles. The molecular weight excluding hydrogens is 280 g/mol. The van der Waals surface area contributed by atoms with Gasteiger partial charge in [0.05, 0.1) is 18.4 Å². The predicted octanol–water partition coefficient (Wildman–Crippen LogP) is 3.10. The van der Waals surface area contributed by atoms with Crippen molar-refractivity contribution in [3.63, 3.8) is 0 Å². The van der Waals surface area contributed by atoms with Gasteiger partial charge in [-0.15, -0.1) is 11.3 Å². The molecule has 0 aliphatic rings. The van der Waals surface area contributed by atoms with E-state index in [4.69, 9.17) is 0 Å². The third-order valence-electron chi connectivity index (χ3n) is 3.18. The highest BCUT2D eigenvalue weighted by atomic mass is 32.1. The van der Waals surface area contributed by atoms with E-state index in [1.54, 1.807) is 11.3 Å². The molecule has 0 unspecified atom stereocenters. The largest absolute Gasteiger partial charge is 0.309 e. The van der Waals surface area contributed by atoms with Crippen LogP contribution in [0.1, 0.15) is 10.6 Å². The molecule has 0 atom stereocenters.